The van der Waals surface area contributed by atoms with Crippen LogP contribution in [0.5, 0.6) is 0 Å². The Bertz CT molecular complexity index is 557. The Morgan fingerprint density at radius 1 is 0.356 bits per heavy atom. The fourth-order valence-corrected chi connectivity index (χ4v) is 9.42. The van der Waals surface area contributed by atoms with E-state index in [0.717, 1.165) is 0 Å². The number of carboxylic acid groups (broad SMARTS) is 2. The number of unbranched alkanes of at least 4 members (excludes halogenated alkanes) is 30. The molecule has 0 aromatic rings. The van der Waals surface area contributed by atoms with E-state index in [0.29, 0.717) is 12.2 Å². The number of hydrogen-bond acceptors (Lipinski definition) is 4. The van der Waals surface area contributed by atoms with Gasteiger partial charge in [-0.25, -0.2) is 0 Å². The van der Waals surface area contributed by atoms with Crippen LogP contribution >= 0.6 is 0 Å². The van der Waals surface area contributed by atoms with E-state index in [1.54, 1.807) is 21.7 Å². The van der Waals surface area contributed by atoms with Gasteiger partial charge in [0.25, 0.3) is 0 Å². The predicted molar refractivity (Wildman–Crippen MR) is 194 cm³/mol. The zero-order chi connectivity index (χ0) is 33.3. The third-order valence-corrected chi connectivity index (χ3v) is 12.8. The van der Waals surface area contributed by atoms with Crippen LogP contribution in [0.3, 0.4) is 0 Å². The van der Waals surface area contributed by atoms with Gasteiger partial charge in [-0.3, -0.25) is 0 Å². The first-order valence-electron chi connectivity index (χ1n) is 19.8. The molecule has 264 valence electrons. The molecule has 0 aromatic carbocycles. The molecule has 0 aliphatic carbocycles. The van der Waals surface area contributed by atoms with Crippen molar-refractivity contribution in [3.8, 4) is 0 Å². The van der Waals surface area contributed by atoms with Gasteiger partial charge in [-0.05, 0) is 12.2 Å². The summed E-state index contributed by atoms with van der Waals surface area (Å²) in [4.78, 5) is 18.8. The molecule has 0 aliphatic rings. The molecule has 0 saturated carbocycles. The monoisotopic (exact) mass is 740 g/mol. The van der Waals surface area contributed by atoms with Crippen molar-refractivity contribution < 1.29 is 19.8 Å². The second-order valence-electron chi connectivity index (χ2n) is 13.3. The molecule has 45 heavy (non-hydrogen) atoms. The van der Waals surface area contributed by atoms with Gasteiger partial charge < -0.3 is 19.8 Å². The van der Waals surface area contributed by atoms with E-state index in [9.17, 15) is 19.8 Å². The van der Waals surface area contributed by atoms with Gasteiger partial charge in [-0.2, -0.15) is 0 Å². The molecule has 0 heterocycles. The van der Waals surface area contributed by atoms with Gasteiger partial charge in [0.15, 0.2) is 0 Å². The Kier molecular flexibility index (Phi) is 45.0. The van der Waals surface area contributed by atoms with Crippen molar-refractivity contribution in [2.75, 3.05) is 0 Å². The standard InChI is InChI=1S/2C18H37.C4H4O4.Sn/c2*1-3-5-7-9-11-13-15-17-18-16-14-12-10-8-6-4-2;5-3(6)1-2-4(7)8;/h2*1,3-18H2,2H3;1-2H,(H,5,6)(H,7,8);/q;;;+2/p-2/b;;2-1-;. The van der Waals surface area contributed by atoms with E-state index < -0.39 is 11.9 Å². The second-order valence-corrected chi connectivity index (χ2v) is 17.6. The van der Waals surface area contributed by atoms with Crippen molar-refractivity contribution in [1.82, 2.24) is 0 Å². The van der Waals surface area contributed by atoms with Crippen molar-refractivity contribution in [2.45, 2.75) is 228 Å². The fourth-order valence-electron chi connectivity index (χ4n) is 5.86. The maximum absolute atomic E-state index is 9.41. The van der Waals surface area contributed by atoms with Crippen LogP contribution in [0.15, 0.2) is 12.2 Å². The minimum Gasteiger partial charge on any atom is -0.545 e. The van der Waals surface area contributed by atoms with E-state index in [4.69, 9.17) is 0 Å². The van der Waals surface area contributed by atoms with Gasteiger partial charge in [0.1, 0.15) is 0 Å². The van der Waals surface area contributed by atoms with Gasteiger partial charge >= 0.3 is 171 Å². The van der Waals surface area contributed by atoms with Crippen LogP contribution in [0, 0.1) is 0 Å². The molecular formula is C40H76O4Sn. The Balaban J connectivity index is 0. The van der Waals surface area contributed by atoms with E-state index >= 15 is 0 Å². The van der Waals surface area contributed by atoms with Gasteiger partial charge in [0.05, 0.1) is 11.9 Å². The molecule has 0 fully saturated rings. The normalized spacial score (nSPS) is 11.0. The molecule has 0 atom stereocenters. The summed E-state index contributed by atoms with van der Waals surface area (Å²) in [5, 5.41) is 18.8. The Morgan fingerprint density at radius 2 is 0.533 bits per heavy atom. The molecule has 0 unspecified atom stereocenters. The zero-order valence-electron chi connectivity index (χ0n) is 30.3. The van der Waals surface area contributed by atoms with Crippen molar-refractivity contribution >= 4 is 33.1 Å². The van der Waals surface area contributed by atoms with Crippen LogP contribution in [-0.2, 0) is 9.59 Å². The molecule has 4 nitrogen and oxygen atoms in total. The molecule has 5 heteroatoms. The number of rotatable bonds is 36. The van der Waals surface area contributed by atoms with E-state index in [1.165, 1.54) is 193 Å². The molecule has 0 amide bonds. The number of carbonyl (C=O) groups excluding carboxylic acids is 2. The topological polar surface area (TPSA) is 80.3 Å². The first-order chi connectivity index (χ1) is 22.0. The Hall–Kier alpha value is -0.521. The number of aliphatic carboxylic acids is 2. The average molecular weight is 740 g/mol. The van der Waals surface area contributed by atoms with Crippen molar-refractivity contribution in [3.05, 3.63) is 12.2 Å². The van der Waals surface area contributed by atoms with Crippen LogP contribution in [0.2, 0.25) is 8.87 Å². The van der Waals surface area contributed by atoms with Crippen LogP contribution in [0.1, 0.15) is 219 Å². The smallest absolute Gasteiger partial charge is 0.545 e. The van der Waals surface area contributed by atoms with E-state index in [1.807, 2.05) is 0 Å². The molecule has 0 bridgehead atoms. The van der Waals surface area contributed by atoms with Crippen molar-refractivity contribution in [3.63, 3.8) is 0 Å². The van der Waals surface area contributed by atoms with Crippen LogP contribution < -0.4 is 10.2 Å². The molecule has 0 spiro atoms. The molecule has 0 radical (unpaired) electrons. The Labute approximate surface area is 292 Å². The van der Waals surface area contributed by atoms with Crippen LogP contribution in [0.4, 0.5) is 0 Å². The summed E-state index contributed by atoms with van der Waals surface area (Å²) < 4.78 is 3.33. The van der Waals surface area contributed by atoms with Crippen LogP contribution in [0.25, 0.3) is 0 Å². The third-order valence-electron chi connectivity index (χ3n) is 8.77. The molecule has 0 N–H and O–H groups in total. The Morgan fingerprint density at radius 3 is 0.711 bits per heavy atom. The first kappa shape index (κ1) is 46.6. The molecule has 0 aromatic heterocycles. The van der Waals surface area contributed by atoms with Gasteiger partial charge in [0, 0.05) is 0 Å². The summed E-state index contributed by atoms with van der Waals surface area (Å²) in [7, 11) is 0. The third kappa shape index (κ3) is 50.5. The second kappa shape index (κ2) is 43.5. The minimum atomic E-state index is -1.55. The van der Waals surface area contributed by atoms with Gasteiger partial charge in [-0.1, -0.05) is 78.1 Å². The molecule has 0 saturated heterocycles. The maximum atomic E-state index is 9.41. The summed E-state index contributed by atoms with van der Waals surface area (Å²) in [6.07, 6.45) is 48.6. The van der Waals surface area contributed by atoms with Gasteiger partial charge in [0.2, 0.25) is 0 Å². The van der Waals surface area contributed by atoms with Crippen LogP contribution in [-0.4, -0.2) is 33.1 Å². The van der Waals surface area contributed by atoms with Gasteiger partial charge in [-0.15, -0.1) is 0 Å². The molecule has 0 aliphatic heterocycles. The number of hydrogen-bond donors (Lipinski definition) is 0. The average Bonchev–Trinajstić information content (AvgIpc) is 3.02. The number of carbonyl (C=O) groups is 2. The summed E-state index contributed by atoms with van der Waals surface area (Å²) in [6, 6.07) is 0. The predicted octanol–water partition coefficient (Wildman–Crippen LogP) is 11.1. The minimum absolute atomic E-state index is 0.00985. The summed E-state index contributed by atoms with van der Waals surface area (Å²) in [5.74, 6) is -3.09. The zero-order valence-corrected chi connectivity index (χ0v) is 33.2. The fraction of sp³-hybridized carbons (Fsp3) is 0.900. The first-order valence-corrected chi connectivity index (χ1v) is 23.9. The van der Waals surface area contributed by atoms with Crippen molar-refractivity contribution in [2.24, 2.45) is 0 Å². The SMILES string of the molecule is CCCCCCCCCCCCCCCCC[CH2][Sn+2][CH2]CCCCCCCCCCCCCCCCC.O=C([O-])/C=C\C(=O)[O-]. The van der Waals surface area contributed by atoms with E-state index in [-0.39, 0.29) is 21.1 Å². The quantitative estimate of drug-likeness (QED) is 0.0364. The summed E-state index contributed by atoms with van der Waals surface area (Å²) >= 11 is 0.00985. The summed E-state index contributed by atoms with van der Waals surface area (Å²) in [5.41, 5.74) is 0. The number of carboxylic acids is 2. The van der Waals surface area contributed by atoms with E-state index in [2.05, 4.69) is 13.8 Å². The molecular weight excluding hydrogens is 663 g/mol. The summed E-state index contributed by atoms with van der Waals surface area (Å²) in [6.45, 7) is 4.62. The molecule has 0 rings (SSSR count). The van der Waals surface area contributed by atoms with Crippen molar-refractivity contribution in [1.29, 1.82) is 0 Å².